The van der Waals surface area contributed by atoms with Gasteiger partial charge in [0, 0.05) is 24.3 Å². The van der Waals surface area contributed by atoms with Crippen LogP contribution in [0.2, 0.25) is 0 Å². The maximum absolute atomic E-state index is 11.9. The molecule has 0 aliphatic heterocycles. The number of aromatic nitrogens is 2. The van der Waals surface area contributed by atoms with Crippen molar-refractivity contribution in [1.29, 1.82) is 0 Å². The summed E-state index contributed by atoms with van der Waals surface area (Å²) in [5.41, 5.74) is 3.11. The van der Waals surface area contributed by atoms with Gasteiger partial charge in [-0.15, -0.1) is 0 Å². The van der Waals surface area contributed by atoms with Gasteiger partial charge in [-0.1, -0.05) is 18.2 Å². The number of amides is 2. The summed E-state index contributed by atoms with van der Waals surface area (Å²) in [5.74, 6) is 0.513. The zero-order chi connectivity index (χ0) is 15.9. The van der Waals surface area contributed by atoms with E-state index < -0.39 is 0 Å². The Morgan fingerprint density at radius 3 is 2.26 bits per heavy atom. The molecule has 0 spiro atoms. The van der Waals surface area contributed by atoms with E-state index in [1.165, 1.54) is 11.1 Å². The third-order valence-corrected chi connectivity index (χ3v) is 3.28. The summed E-state index contributed by atoms with van der Waals surface area (Å²) in [6, 6.07) is 16.8. The quantitative estimate of drug-likeness (QED) is 0.772. The van der Waals surface area contributed by atoms with Crippen molar-refractivity contribution in [3.8, 4) is 0 Å². The molecule has 0 saturated heterocycles. The van der Waals surface area contributed by atoms with Gasteiger partial charge < -0.3 is 5.32 Å². The van der Waals surface area contributed by atoms with Crippen LogP contribution in [0.1, 0.15) is 11.1 Å². The first kappa shape index (κ1) is 14.7. The minimum Gasteiger partial charge on any atom is -0.308 e. The van der Waals surface area contributed by atoms with Crippen LogP contribution < -0.4 is 10.6 Å². The number of hydrogen-bond donors (Lipinski definition) is 2. The van der Waals surface area contributed by atoms with Gasteiger partial charge in [-0.2, -0.15) is 0 Å². The van der Waals surface area contributed by atoms with Crippen LogP contribution in [0.4, 0.5) is 16.3 Å². The first-order valence-electron chi connectivity index (χ1n) is 7.26. The van der Waals surface area contributed by atoms with Gasteiger partial charge in [0.05, 0.1) is 0 Å². The van der Waals surface area contributed by atoms with Gasteiger partial charge in [-0.05, 0) is 53.9 Å². The molecule has 0 saturated carbocycles. The summed E-state index contributed by atoms with van der Waals surface area (Å²) in [7, 11) is 0. The minimum atomic E-state index is -0.314. The van der Waals surface area contributed by atoms with Crippen molar-refractivity contribution in [2.24, 2.45) is 0 Å². The third kappa shape index (κ3) is 4.38. The van der Waals surface area contributed by atoms with Crippen molar-refractivity contribution >= 4 is 17.5 Å². The molecule has 1 aromatic carbocycles. The Hall–Kier alpha value is -3.21. The van der Waals surface area contributed by atoms with Crippen LogP contribution >= 0.6 is 0 Å². The summed E-state index contributed by atoms with van der Waals surface area (Å²) in [5, 5.41) is 5.46. The van der Waals surface area contributed by atoms with Gasteiger partial charge in [0.25, 0.3) is 0 Å². The Bertz CT molecular complexity index is 758. The maximum Gasteiger partial charge on any atom is 0.324 e. The molecule has 0 aliphatic rings. The van der Waals surface area contributed by atoms with Gasteiger partial charge in [-0.3, -0.25) is 10.3 Å². The molecule has 0 bridgehead atoms. The number of rotatable bonds is 4. The smallest absolute Gasteiger partial charge is 0.308 e. The van der Waals surface area contributed by atoms with E-state index in [1.54, 1.807) is 30.7 Å². The van der Waals surface area contributed by atoms with E-state index >= 15 is 0 Å². The normalized spacial score (nSPS) is 10.1. The Balaban J connectivity index is 1.58. The minimum absolute atomic E-state index is 0.314. The number of anilines is 2. The molecule has 3 rings (SSSR count). The Morgan fingerprint density at radius 2 is 1.57 bits per heavy atom. The topological polar surface area (TPSA) is 66.9 Å². The lowest BCUT2D eigenvalue weighted by molar-refractivity contribution is 0.262. The van der Waals surface area contributed by atoms with Crippen LogP contribution in [0, 0.1) is 0 Å². The van der Waals surface area contributed by atoms with Crippen LogP contribution in [-0.2, 0) is 6.42 Å². The number of nitrogens with zero attached hydrogens (tertiary/aromatic N) is 2. The van der Waals surface area contributed by atoms with Crippen molar-refractivity contribution in [2.75, 3.05) is 10.6 Å². The standard InChI is InChI=1S/C18H16N4O/c23-18(22-17-3-1-2-10-20-17)21-16-6-4-14(5-7-16)13-15-8-11-19-12-9-15/h1-12H,13H2,(H2,20,21,22,23). The Labute approximate surface area is 134 Å². The number of pyridine rings is 2. The van der Waals surface area contributed by atoms with E-state index in [0.29, 0.717) is 5.82 Å². The largest absolute Gasteiger partial charge is 0.324 e. The highest BCUT2D eigenvalue weighted by Crippen LogP contribution is 2.13. The second-order valence-electron chi connectivity index (χ2n) is 5.02. The van der Waals surface area contributed by atoms with E-state index in [0.717, 1.165) is 12.1 Å². The highest BCUT2D eigenvalue weighted by molar-refractivity contribution is 5.99. The second-order valence-corrected chi connectivity index (χ2v) is 5.02. The number of carbonyl (C=O) groups excluding carboxylic acids is 1. The SMILES string of the molecule is O=C(Nc1ccc(Cc2ccncc2)cc1)Nc1ccccn1. The van der Waals surface area contributed by atoms with Crippen LogP contribution in [0.5, 0.6) is 0 Å². The number of benzene rings is 1. The van der Waals surface area contributed by atoms with Crippen molar-refractivity contribution in [1.82, 2.24) is 9.97 Å². The molecule has 0 aliphatic carbocycles. The van der Waals surface area contributed by atoms with E-state index in [1.807, 2.05) is 42.5 Å². The Morgan fingerprint density at radius 1 is 0.826 bits per heavy atom. The van der Waals surface area contributed by atoms with Crippen molar-refractivity contribution < 1.29 is 4.79 Å². The fourth-order valence-electron chi connectivity index (χ4n) is 2.16. The molecule has 5 heteroatoms. The van der Waals surface area contributed by atoms with Crippen LogP contribution in [-0.4, -0.2) is 16.0 Å². The van der Waals surface area contributed by atoms with Gasteiger partial charge in [-0.25, -0.2) is 9.78 Å². The molecule has 3 aromatic rings. The molecule has 2 amide bonds. The molecule has 5 nitrogen and oxygen atoms in total. The number of carbonyl (C=O) groups is 1. The zero-order valence-electron chi connectivity index (χ0n) is 12.4. The lowest BCUT2D eigenvalue weighted by Crippen LogP contribution is -2.19. The Kier molecular flexibility index (Phi) is 4.59. The molecule has 0 radical (unpaired) electrons. The highest BCUT2D eigenvalue weighted by Gasteiger charge is 2.03. The van der Waals surface area contributed by atoms with Crippen LogP contribution in [0.25, 0.3) is 0 Å². The molecule has 0 atom stereocenters. The van der Waals surface area contributed by atoms with Gasteiger partial charge in [0.2, 0.25) is 0 Å². The van der Waals surface area contributed by atoms with Gasteiger partial charge >= 0.3 is 6.03 Å². The fourth-order valence-corrected chi connectivity index (χ4v) is 2.16. The molecular weight excluding hydrogens is 288 g/mol. The second kappa shape index (κ2) is 7.17. The molecular formula is C18H16N4O. The lowest BCUT2D eigenvalue weighted by Gasteiger charge is -2.08. The summed E-state index contributed by atoms with van der Waals surface area (Å²) < 4.78 is 0. The van der Waals surface area contributed by atoms with E-state index in [-0.39, 0.29) is 6.03 Å². The van der Waals surface area contributed by atoms with Crippen LogP contribution in [0.15, 0.2) is 73.2 Å². The zero-order valence-corrected chi connectivity index (χ0v) is 12.4. The van der Waals surface area contributed by atoms with Crippen molar-refractivity contribution in [2.45, 2.75) is 6.42 Å². The predicted octanol–water partition coefficient (Wildman–Crippen LogP) is 3.71. The number of nitrogens with one attached hydrogen (secondary N) is 2. The third-order valence-electron chi connectivity index (χ3n) is 3.28. The molecule has 23 heavy (non-hydrogen) atoms. The molecule has 2 aromatic heterocycles. The lowest BCUT2D eigenvalue weighted by atomic mass is 10.1. The molecule has 0 fully saturated rings. The maximum atomic E-state index is 11.9. The monoisotopic (exact) mass is 304 g/mol. The molecule has 2 N–H and O–H groups in total. The van der Waals surface area contributed by atoms with Crippen molar-refractivity contribution in [3.63, 3.8) is 0 Å². The first-order valence-corrected chi connectivity index (χ1v) is 7.26. The average molecular weight is 304 g/mol. The van der Waals surface area contributed by atoms with E-state index in [9.17, 15) is 4.79 Å². The van der Waals surface area contributed by atoms with E-state index in [2.05, 4.69) is 20.6 Å². The van der Waals surface area contributed by atoms with E-state index in [4.69, 9.17) is 0 Å². The molecule has 114 valence electrons. The summed E-state index contributed by atoms with van der Waals surface area (Å²) in [6.07, 6.45) is 6.03. The highest BCUT2D eigenvalue weighted by atomic mass is 16.2. The summed E-state index contributed by atoms with van der Waals surface area (Å²) in [6.45, 7) is 0. The summed E-state index contributed by atoms with van der Waals surface area (Å²) in [4.78, 5) is 19.9. The average Bonchev–Trinajstić information content (AvgIpc) is 2.58. The summed E-state index contributed by atoms with van der Waals surface area (Å²) >= 11 is 0. The fraction of sp³-hybridized carbons (Fsp3) is 0.0556. The van der Waals surface area contributed by atoms with Gasteiger partial charge in [0.15, 0.2) is 0 Å². The van der Waals surface area contributed by atoms with Crippen LogP contribution in [0.3, 0.4) is 0 Å². The first-order chi connectivity index (χ1) is 11.3. The number of hydrogen-bond acceptors (Lipinski definition) is 3. The molecule has 2 heterocycles. The molecule has 0 unspecified atom stereocenters. The predicted molar refractivity (Wildman–Crippen MR) is 90.4 cm³/mol. The number of urea groups is 1. The van der Waals surface area contributed by atoms with Gasteiger partial charge in [0.1, 0.15) is 5.82 Å². The van der Waals surface area contributed by atoms with Crippen molar-refractivity contribution in [3.05, 3.63) is 84.3 Å².